The molecule has 13 heteroatoms. The number of halogens is 1. The minimum Gasteiger partial charge on any atom is -0.366 e. The van der Waals surface area contributed by atoms with E-state index in [4.69, 9.17) is 0 Å². The monoisotopic (exact) mass is 567 g/mol. The molecule has 2 aromatic carbocycles. The second-order valence-corrected chi connectivity index (χ2v) is 12.2. The van der Waals surface area contributed by atoms with Gasteiger partial charge in [-0.3, -0.25) is 19.8 Å². The molecular formula is C24H30ClN5O5S2. The predicted octanol–water partition coefficient (Wildman–Crippen LogP) is 4.23. The largest absolute Gasteiger partial charge is 0.366 e. The maximum absolute atomic E-state index is 13.7. The van der Waals surface area contributed by atoms with Crippen LogP contribution in [0, 0.1) is 10.1 Å². The first-order valence-electron chi connectivity index (χ1n) is 11.7. The van der Waals surface area contributed by atoms with Crippen LogP contribution >= 0.6 is 23.7 Å². The first-order chi connectivity index (χ1) is 17.0. The van der Waals surface area contributed by atoms with Crippen molar-refractivity contribution in [3.63, 3.8) is 0 Å². The van der Waals surface area contributed by atoms with E-state index >= 15 is 0 Å². The van der Waals surface area contributed by atoms with Gasteiger partial charge in [0.25, 0.3) is 11.6 Å². The number of likely N-dealkylation sites (N-methyl/N-ethyl adjacent to an activating group) is 1. The van der Waals surface area contributed by atoms with Gasteiger partial charge < -0.3 is 9.80 Å². The van der Waals surface area contributed by atoms with Gasteiger partial charge >= 0.3 is 0 Å². The van der Waals surface area contributed by atoms with Gasteiger partial charge in [0.15, 0.2) is 15.0 Å². The number of sulfone groups is 1. The fraction of sp³-hybridized carbons (Fsp3) is 0.417. The van der Waals surface area contributed by atoms with Crippen molar-refractivity contribution in [2.75, 3.05) is 56.3 Å². The average Bonchev–Trinajstić information content (AvgIpc) is 3.26. The highest BCUT2D eigenvalue weighted by Crippen LogP contribution is 2.34. The Morgan fingerprint density at radius 2 is 1.81 bits per heavy atom. The van der Waals surface area contributed by atoms with Gasteiger partial charge in [-0.2, -0.15) is 0 Å². The standard InChI is InChI=1S/C24H29N5O5S2.ClH/c1-26(2)13-14-28(24-25-19-9-8-18(36(3,33)34)16-22(19)35-24)23(30)17-7-10-20(21(15-17)29(31)32)27-11-5-4-6-12-27;/h7-10,15-16H,4-6,11-14H2,1-3H3;1H. The molecule has 0 N–H and O–H groups in total. The number of anilines is 2. The number of amides is 1. The predicted molar refractivity (Wildman–Crippen MR) is 149 cm³/mol. The topological polar surface area (TPSA) is 117 Å². The van der Waals surface area contributed by atoms with Crippen LogP contribution in [0.25, 0.3) is 10.2 Å². The quantitative estimate of drug-likeness (QED) is 0.293. The van der Waals surface area contributed by atoms with E-state index in [2.05, 4.69) is 4.98 Å². The van der Waals surface area contributed by atoms with Gasteiger partial charge in [0.2, 0.25) is 0 Å². The van der Waals surface area contributed by atoms with E-state index in [1.165, 1.54) is 28.4 Å². The third kappa shape index (κ3) is 6.56. The van der Waals surface area contributed by atoms with E-state index in [0.717, 1.165) is 38.6 Å². The van der Waals surface area contributed by atoms with E-state index in [1.54, 1.807) is 24.3 Å². The second kappa shape index (κ2) is 11.7. The molecule has 0 spiro atoms. The molecule has 1 aliphatic heterocycles. The molecular weight excluding hydrogens is 538 g/mol. The molecule has 200 valence electrons. The molecule has 3 aromatic rings. The van der Waals surface area contributed by atoms with Gasteiger partial charge in [-0.1, -0.05) is 11.3 Å². The third-order valence-electron chi connectivity index (χ3n) is 6.14. The maximum Gasteiger partial charge on any atom is 0.293 e. The van der Waals surface area contributed by atoms with Crippen molar-refractivity contribution >= 4 is 66.2 Å². The van der Waals surface area contributed by atoms with Gasteiger partial charge in [-0.05, 0) is 63.7 Å². The number of nitro groups is 1. The molecule has 10 nitrogen and oxygen atoms in total. The Morgan fingerprint density at radius 3 is 2.43 bits per heavy atom. The van der Waals surface area contributed by atoms with Gasteiger partial charge in [0, 0.05) is 44.1 Å². The lowest BCUT2D eigenvalue weighted by atomic mass is 10.1. The summed E-state index contributed by atoms with van der Waals surface area (Å²) in [4.78, 5) is 35.3. The first kappa shape index (κ1) is 28.8. The van der Waals surface area contributed by atoms with Crippen molar-refractivity contribution < 1.29 is 18.1 Å². The van der Waals surface area contributed by atoms with Crippen LogP contribution in [0.15, 0.2) is 41.3 Å². The summed E-state index contributed by atoms with van der Waals surface area (Å²) in [6.07, 6.45) is 4.21. The van der Waals surface area contributed by atoms with Gasteiger partial charge in [0.05, 0.1) is 20.0 Å². The zero-order chi connectivity index (χ0) is 26.0. The van der Waals surface area contributed by atoms with Gasteiger partial charge in [0.1, 0.15) is 5.69 Å². The van der Waals surface area contributed by atoms with Crippen molar-refractivity contribution in [1.82, 2.24) is 9.88 Å². The Hall–Kier alpha value is -2.80. The number of hydrogen-bond donors (Lipinski definition) is 0. The van der Waals surface area contributed by atoms with Crippen LogP contribution < -0.4 is 9.80 Å². The Labute approximate surface area is 226 Å². The molecule has 1 amide bonds. The Kier molecular flexibility index (Phi) is 9.11. The normalized spacial score (nSPS) is 14.0. The van der Waals surface area contributed by atoms with Crippen LogP contribution in [0.3, 0.4) is 0 Å². The number of carbonyl (C=O) groups excluding carboxylic acids is 1. The molecule has 2 heterocycles. The van der Waals surface area contributed by atoms with Crippen molar-refractivity contribution in [3.05, 3.63) is 52.1 Å². The van der Waals surface area contributed by atoms with Crippen molar-refractivity contribution in [2.24, 2.45) is 0 Å². The summed E-state index contributed by atoms with van der Waals surface area (Å²) in [6, 6.07) is 9.33. The van der Waals surface area contributed by atoms with E-state index in [-0.39, 0.29) is 28.6 Å². The van der Waals surface area contributed by atoms with Crippen LogP contribution in [0.1, 0.15) is 29.6 Å². The van der Waals surface area contributed by atoms with E-state index in [9.17, 15) is 23.3 Å². The molecule has 1 aliphatic rings. The number of rotatable bonds is 8. The molecule has 0 radical (unpaired) electrons. The van der Waals surface area contributed by atoms with Crippen LogP contribution in [0.4, 0.5) is 16.5 Å². The number of benzene rings is 2. The average molecular weight is 568 g/mol. The number of carbonyl (C=O) groups is 1. The lowest BCUT2D eigenvalue weighted by Crippen LogP contribution is -2.37. The summed E-state index contributed by atoms with van der Waals surface area (Å²) in [5, 5.41) is 12.3. The summed E-state index contributed by atoms with van der Waals surface area (Å²) in [6.45, 7) is 2.37. The Morgan fingerprint density at radius 1 is 1.11 bits per heavy atom. The highest BCUT2D eigenvalue weighted by Gasteiger charge is 2.27. The summed E-state index contributed by atoms with van der Waals surface area (Å²) < 4.78 is 24.6. The van der Waals surface area contributed by atoms with E-state index in [1.807, 2.05) is 23.9 Å². The molecule has 0 bridgehead atoms. The van der Waals surface area contributed by atoms with Crippen molar-refractivity contribution in [2.45, 2.75) is 24.2 Å². The zero-order valence-corrected chi connectivity index (χ0v) is 23.4. The summed E-state index contributed by atoms with van der Waals surface area (Å²) in [5.74, 6) is -0.396. The summed E-state index contributed by atoms with van der Waals surface area (Å²) >= 11 is 1.22. The molecule has 0 saturated carbocycles. The SMILES string of the molecule is CN(C)CCN(C(=O)c1ccc(N2CCCCC2)c([N+](=O)[O-])c1)c1nc2ccc(S(C)(=O)=O)cc2s1.Cl. The minimum atomic E-state index is -3.39. The number of piperidine rings is 1. The minimum absolute atomic E-state index is 0. The van der Waals surface area contributed by atoms with E-state index < -0.39 is 20.7 Å². The van der Waals surface area contributed by atoms with Crippen LogP contribution in [-0.4, -0.2) is 75.7 Å². The first-order valence-corrected chi connectivity index (χ1v) is 14.4. The number of nitro benzene ring substituents is 1. The number of thiazole rings is 1. The molecule has 1 saturated heterocycles. The van der Waals surface area contributed by atoms with Crippen molar-refractivity contribution in [3.8, 4) is 0 Å². The molecule has 1 fully saturated rings. The molecule has 0 unspecified atom stereocenters. The van der Waals surface area contributed by atoms with Crippen LogP contribution in [0.2, 0.25) is 0 Å². The summed E-state index contributed by atoms with van der Waals surface area (Å²) in [7, 11) is 0.384. The van der Waals surface area contributed by atoms with Crippen LogP contribution in [-0.2, 0) is 9.84 Å². The second-order valence-electron chi connectivity index (χ2n) is 9.17. The smallest absolute Gasteiger partial charge is 0.293 e. The van der Waals surface area contributed by atoms with Gasteiger partial charge in [-0.15, -0.1) is 12.4 Å². The lowest BCUT2D eigenvalue weighted by Gasteiger charge is -2.28. The number of nitrogens with zero attached hydrogens (tertiary/aromatic N) is 5. The fourth-order valence-corrected chi connectivity index (χ4v) is 5.93. The zero-order valence-electron chi connectivity index (χ0n) is 20.9. The Bertz CT molecular complexity index is 1400. The van der Waals surface area contributed by atoms with Crippen LogP contribution in [0.5, 0.6) is 0 Å². The number of hydrogen-bond acceptors (Lipinski definition) is 9. The molecule has 1 aromatic heterocycles. The fourth-order valence-electron chi connectivity index (χ4n) is 4.18. The number of fused-ring (bicyclic) bond motifs is 1. The highest BCUT2D eigenvalue weighted by atomic mass is 35.5. The lowest BCUT2D eigenvalue weighted by molar-refractivity contribution is -0.384. The van der Waals surface area contributed by atoms with Gasteiger partial charge in [-0.25, -0.2) is 13.4 Å². The Balaban J connectivity index is 0.00000380. The summed E-state index contributed by atoms with van der Waals surface area (Å²) in [5.41, 5.74) is 1.23. The molecule has 0 aliphatic carbocycles. The maximum atomic E-state index is 13.7. The molecule has 0 atom stereocenters. The highest BCUT2D eigenvalue weighted by molar-refractivity contribution is 7.90. The molecule has 37 heavy (non-hydrogen) atoms. The number of aromatic nitrogens is 1. The third-order valence-corrected chi connectivity index (χ3v) is 8.29. The van der Waals surface area contributed by atoms with Crippen molar-refractivity contribution in [1.29, 1.82) is 0 Å². The van der Waals surface area contributed by atoms with E-state index in [0.29, 0.717) is 34.1 Å². The molecule has 4 rings (SSSR count).